The Morgan fingerprint density at radius 3 is 2.62 bits per heavy atom. The molecule has 2 fully saturated rings. The lowest BCUT2D eigenvalue weighted by Gasteiger charge is -2.22. The van der Waals surface area contributed by atoms with Gasteiger partial charge in [0.1, 0.15) is 5.69 Å². The number of hydrogen-bond acceptors (Lipinski definition) is 6. The van der Waals surface area contributed by atoms with E-state index in [2.05, 4.69) is 20.3 Å². The Morgan fingerprint density at radius 1 is 1.12 bits per heavy atom. The highest BCUT2D eigenvalue weighted by Gasteiger charge is 2.20. The van der Waals surface area contributed by atoms with E-state index in [1.165, 1.54) is 6.20 Å². The minimum Gasteiger partial charge on any atom is -0.381 e. The van der Waals surface area contributed by atoms with Crippen LogP contribution in [0.2, 0.25) is 5.02 Å². The van der Waals surface area contributed by atoms with E-state index in [0.717, 1.165) is 44.6 Å². The number of rotatable bonds is 6. The summed E-state index contributed by atoms with van der Waals surface area (Å²) < 4.78 is 34.4. The predicted octanol–water partition coefficient (Wildman–Crippen LogP) is 5.13. The lowest BCUT2D eigenvalue weighted by molar-refractivity contribution is 0.0699. The molecule has 2 aliphatic rings. The molecule has 9 heteroatoms. The molecule has 4 rings (SSSR count). The van der Waals surface area contributed by atoms with Crippen molar-refractivity contribution in [1.29, 1.82) is 0 Å². The van der Waals surface area contributed by atoms with Gasteiger partial charge in [-0.15, -0.1) is 0 Å². The first-order valence-electron chi connectivity index (χ1n) is 11.1. The van der Waals surface area contributed by atoms with Gasteiger partial charge in [0.25, 0.3) is 0 Å². The number of nitrogens with one attached hydrogen (secondary N) is 1. The molecule has 3 heterocycles. The summed E-state index contributed by atoms with van der Waals surface area (Å²) in [6.07, 6.45) is 9.01. The number of pyridine rings is 2. The highest BCUT2D eigenvalue weighted by molar-refractivity contribution is 6.33. The van der Waals surface area contributed by atoms with Crippen molar-refractivity contribution >= 4 is 29.5 Å². The zero-order valence-electron chi connectivity index (χ0n) is 17.9. The van der Waals surface area contributed by atoms with E-state index in [-0.39, 0.29) is 22.6 Å². The summed E-state index contributed by atoms with van der Waals surface area (Å²) in [5.41, 5.74) is 6.25. The molecule has 0 unspecified atom stereocenters. The van der Waals surface area contributed by atoms with Crippen LogP contribution in [0, 0.1) is 23.5 Å². The number of aliphatic imine (C=N–C) groups is 1. The van der Waals surface area contributed by atoms with Gasteiger partial charge in [-0.1, -0.05) is 11.6 Å². The summed E-state index contributed by atoms with van der Waals surface area (Å²) in [4.78, 5) is 12.9. The fourth-order valence-corrected chi connectivity index (χ4v) is 4.32. The second kappa shape index (κ2) is 10.6. The van der Waals surface area contributed by atoms with E-state index in [1.54, 1.807) is 6.07 Å². The summed E-state index contributed by atoms with van der Waals surface area (Å²) in [5, 5.41) is 3.24. The number of aromatic nitrogens is 2. The molecule has 2 aromatic rings. The minimum atomic E-state index is -0.789. The van der Waals surface area contributed by atoms with Crippen LogP contribution in [-0.4, -0.2) is 42.0 Å². The Balaban J connectivity index is 1.53. The summed E-state index contributed by atoms with van der Waals surface area (Å²) in [7, 11) is 0. The molecule has 0 amide bonds. The van der Waals surface area contributed by atoms with E-state index in [0.29, 0.717) is 43.0 Å². The van der Waals surface area contributed by atoms with Crippen LogP contribution in [-0.2, 0) is 4.74 Å². The maximum atomic E-state index is 14.7. The Morgan fingerprint density at radius 2 is 1.88 bits per heavy atom. The van der Waals surface area contributed by atoms with Crippen LogP contribution in [0.5, 0.6) is 0 Å². The lowest BCUT2D eigenvalue weighted by atomic mass is 9.87. The van der Waals surface area contributed by atoms with Gasteiger partial charge in [-0.05, 0) is 56.4 Å². The molecule has 0 radical (unpaired) electrons. The standard InChI is InChI=1S/C23H28ClF2N5O/c24-18-13-29-21(28-11-14-1-3-16(27)4-2-14)9-17(18)22-19(25)10-20(26)23(31-22)30-12-15-5-7-32-8-6-15/h9-11,13-16H,1-8,12,27H2,(H,30,31). The van der Waals surface area contributed by atoms with Gasteiger partial charge in [0, 0.05) is 49.8 Å². The van der Waals surface area contributed by atoms with Crippen LogP contribution in [0.1, 0.15) is 38.5 Å². The van der Waals surface area contributed by atoms with Crippen molar-refractivity contribution < 1.29 is 13.5 Å². The zero-order chi connectivity index (χ0) is 22.5. The van der Waals surface area contributed by atoms with E-state index >= 15 is 0 Å². The number of nitrogens with zero attached hydrogens (tertiary/aromatic N) is 3. The third-order valence-electron chi connectivity index (χ3n) is 6.16. The van der Waals surface area contributed by atoms with Gasteiger partial charge in [-0.2, -0.15) is 0 Å². The maximum Gasteiger partial charge on any atom is 0.168 e. The monoisotopic (exact) mass is 463 g/mol. The Labute approximate surface area is 191 Å². The van der Waals surface area contributed by atoms with Crippen molar-refractivity contribution in [1.82, 2.24) is 9.97 Å². The van der Waals surface area contributed by atoms with E-state index in [1.807, 2.05) is 6.21 Å². The van der Waals surface area contributed by atoms with Gasteiger partial charge in [-0.25, -0.2) is 23.7 Å². The van der Waals surface area contributed by atoms with Crippen molar-refractivity contribution in [3.05, 3.63) is 35.0 Å². The molecule has 0 aromatic carbocycles. The van der Waals surface area contributed by atoms with Gasteiger partial charge >= 0.3 is 0 Å². The molecule has 0 spiro atoms. The largest absolute Gasteiger partial charge is 0.381 e. The van der Waals surface area contributed by atoms with Gasteiger partial charge in [0.05, 0.1) is 5.02 Å². The highest BCUT2D eigenvalue weighted by atomic mass is 35.5. The third-order valence-corrected chi connectivity index (χ3v) is 6.46. The van der Waals surface area contributed by atoms with E-state index < -0.39 is 11.6 Å². The third kappa shape index (κ3) is 5.79. The molecule has 2 aromatic heterocycles. The molecule has 6 nitrogen and oxygen atoms in total. The smallest absolute Gasteiger partial charge is 0.168 e. The summed E-state index contributed by atoms with van der Waals surface area (Å²) >= 11 is 6.30. The predicted molar refractivity (Wildman–Crippen MR) is 123 cm³/mol. The molecule has 1 saturated carbocycles. The Hall–Kier alpha value is -2.16. The zero-order valence-corrected chi connectivity index (χ0v) is 18.6. The summed E-state index contributed by atoms with van der Waals surface area (Å²) in [6, 6.07) is 2.68. The number of hydrogen-bond donors (Lipinski definition) is 2. The van der Waals surface area contributed by atoms with Gasteiger partial charge in [0.15, 0.2) is 23.3 Å². The second-order valence-electron chi connectivity index (χ2n) is 8.56. The van der Waals surface area contributed by atoms with Crippen molar-refractivity contribution in [2.45, 2.75) is 44.6 Å². The average Bonchev–Trinajstić information content (AvgIpc) is 2.80. The van der Waals surface area contributed by atoms with Crippen LogP contribution in [0.25, 0.3) is 11.3 Å². The first-order valence-corrected chi connectivity index (χ1v) is 11.5. The van der Waals surface area contributed by atoms with Gasteiger partial charge in [-0.3, -0.25) is 0 Å². The normalized spacial score (nSPS) is 22.4. The molecule has 0 atom stereocenters. The topological polar surface area (TPSA) is 85.4 Å². The molecular weight excluding hydrogens is 436 g/mol. The van der Waals surface area contributed by atoms with Crippen LogP contribution >= 0.6 is 11.6 Å². The van der Waals surface area contributed by atoms with Gasteiger partial charge < -0.3 is 15.8 Å². The Bertz CT molecular complexity index is 960. The first kappa shape index (κ1) is 23.0. The maximum absolute atomic E-state index is 14.7. The second-order valence-corrected chi connectivity index (χ2v) is 8.97. The van der Waals surface area contributed by atoms with Crippen LogP contribution < -0.4 is 11.1 Å². The quantitative estimate of drug-likeness (QED) is 0.580. The number of halogens is 3. The van der Waals surface area contributed by atoms with E-state index in [4.69, 9.17) is 22.1 Å². The SMILES string of the molecule is NC1CCC(C=Nc2cc(-c3nc(NCC4CCOCC4)c(F)cc3F)c(Cl)cn2)CC1. The number of anilines is 1. The number of nitrogens with two attached hydrogens (primary N) is 1. The lowest BCUT2D eigenvalue weighted by Crippen LogP contribution is -2.26. The van der Waals surface area contributed by atoms with Crippen molar-refractivity contribution in [3.63, 3.8) is 0 Å². The van der Waals surface area contributed by atoms with Crippen molar-refractivity contribution in [3.8, 4) is 11.3 Å². The highest BCUT2D eigenvalue weighted by Crippen LogP contribution is 2.33. The number of ether oxygens (including phenoxy) is 1. The van der Waals surface area contributed by atoms with Crippen LogP contribution in [0.3, 0.4) is 0 Å². The fraction of sp³-hybridized carbons (Fsp3) is 0.522. The molecule has 1 aliphatic heterocycles. The van der Waals surface area contributed by atoms with Crippen LogP contribution in [0.15, 0.2) is 23.3 Å². The average molecular weight is 464 g/mol. The van der Waals surface area contributed by atoms with Gasteiger partial charge in [0.2, 0.25) is 0 Å². The van der Waals surface area contributed by atoms with Crippen LogP contribution in [0.4, 0.5) is 20.4 Å². The van der Waals surface area contributed by atoms with Crippen molar-refractivity contribution in [2.24, 2.45) is 22.6 Å². The molecule has 1 aliphatic carbocycles. The molecular formula is C23H28ClF2N5O. The minimum absolute atomic E-state index is 0.00404. The molecule has 0 bridgehead atoms. The van der Waals surface area contributed by atoms with E-state index in [9.17, 15) is 8.78 Å². The molecule has 32 heavy (non-hydrogen) atoms. The summed E-state index contributed by atoms with van der Waals surface area (Å²) in [6.45, 7) is 1.93. The summed E-state index contributed by atoms with van der Waals surface area (Å²) in [5.74, 6) is -0.415. The Kier molecular flexibility index (Phi) is 7.65. The molecule has 3 N–H and O–H groups in total. The molecule has 1 saturated heterocycles. The fourth-order valence-electron chi connectivity index (χ4n) is 4.13. The van der Waals surface area contributed by atoms with Crippen molar-refractivity contribution in [2.75, 3.05) is 25.1 Å². The molecule has 172 valence electrons. The first-order chi connectivity index (χ1) is 15.5.